The maximum Gasteiger partial charge on any atom is 0.312 e. The van der Waals surface area contributed by atoms with Crippen molar-refractivity contribution < 1.29 is 23.5 Å². The molecular formula is C19H17FN4O4. The number of hydroxylamine groups is 1. The normalized spacial score (nSPS) is 10.6. The number of rotatable bonds is 7. The number of aliphatic hydroxyl groups excluding tert-OH is 1. The smallest absolute Gasteiger partial charge is 0.312 e. The maximum absolute atomic E-state index is 14.3. The Morgan fingerprint density at radius 2 is 2.25 bits per heavy atom. The minimum absolute atomic E-state index is 0.0861. The molecule has 0 aliphatic carbocycles. The molecule has 2 aromatic heterocycles. The molecule has 1 aromatic carbocycles. The van der Waals surface area contributed by atoms with Gasteiger partial charge in [0, 0.05) is 19.0 Å². The molecule has 9 heteroatoms. The van der Waals surface area contributed by atoms with Crippen LogP contribution in [-0.4, -0.2) is 29.2 Å². The van der Waals surface area contributed by atoms with Gasteiger partial charge in [-0.25, -0.2) is 9.87 Å². The van der Waals surface area contributed by atoms with E-state index in [0.717, 1.165) is 5.56 Å². The van der Waals surface area contributed by atoms with Crippen LogP contribution in [0.2, 0.25) is 0 Å². The van der Waals surface area contributed by atoms with E-state index in [0.29, 0.717) is 11.8 Å². The van der Waals surface area contributed by atoms with Crippen LogP contribution in [0.25, 0.3) is 11.0 Å². The molecular weight excluding hydrogens is 367 g/mol. The van der Waals surface area contributed by atoms with Crippen molar-refractivity contribution in [3.63, 3.8) is 0 Å². The highest BCUT2D eigenvalue weighted by Crippen LogP contribution is 2.35. The summed E-state index contributed by atoms with van der Waals surface area (Å²) >= 11 is 0. The van der Waals surface area contributed by atoms with E-state index in [9.17, 15) is 14.4 Å². The lowest BCUT2D eigenvalue weighted by molar-refractivity contribution is 0.0243. The summed E-state index contributed by atoms with van der Waals surface area (Å²) in [4.78, 5) is 21.5. The first-order chi connectivity index (χ1) is 13.5. The summed E-state index contributed by atoms with van der Waals surface area (Å²) in [5.41, 5.74) is 3.51. The van der Waals surface area contributed by atoms with Gasteiger partial charge < -0.3 is 14.8 Å². The number of benzene rings is 1. The van der Waals surface area contributed by atoms with Crippen LogP contribution in [0.1, 0.15) is 28.1 Å². The topological polar surface area (TPSA) is 120 Å². The molecule has 0 radical (unpaired) electrons. The molecule has 0 atom stereocenters. The molecule has 0 unspecified atom stereocenters. The second-order valence-corrected chi connectivity index (χ2v) is 5.95. The Bertz CT molecular complexity index is 1060. The van der Waals surface area contributed by atoms with E-state index in [4.69, 9.17) is 14.4 Å². The number of aryl methyl sites for hydroxylation is 1. The number of carbonyl (C=O) groups excluding carboxylic acids is 1. The lowest BCUT2D eigenvalue weighted by Gasteiger charge is -2.09. The number of halogens is 1. The number of furan rings is 1. The first-order valence-electron chi connectivity index (χ1n) is 8.42. The van der Waals surface area contributed by atoms with E-state index in [2.05, 4.69) is 15.8 Å². The van der Waals surface area contributed by atoms with E-state index in [1.807, 2.05) is 6.07 Å². The van der Waals surface area contributed by atoms with Gasteiger partial charge in [0.15, 0.2) is 5.58 Å². The summed E-state index contributed by atoms with van der Waals surface area (Å²) in [7, 11) is 0. The lowest BCUT2D eigenvalue weighted by Crippen LogP contribution is -2.24. The lowest BCUT2D eigenvalue weighted by atomic mass is 10.2. The number of hydrogen-bond donors (Lipinski definition) is 3. The van der Waals surface area contributed by atoms with Gasteiger partial charge in [0.1, 0.15) is 23.1 Å². The third kappa shape index (κ3) is 3.93. The summed E-state index contributed by atoms with van der Waals surface area (Å²) in [6.07, 6.45) is 3.06. The van der Waals surface area contributed by atoms with Gasteiger partial charge >= 0.3 is 5.91 Å². The zero-order chi connectivity index (χ0) is 20.1. The Balaban J connectivity index is 2.02. The SMILES string of the molecule is Cc1ccc(Nc2c(C(=O)NOCCCO)oc3c(C#N)cncc23)c(F)c1. The van der Waals surface area contributed by atoms with Crippen molar-refractivity contribution in [3.05, 3.63) is 53.3 Å². The fourth-order valence-electron chi connectivity index (χ4n) is 2.53. The predicted molar refractivity (Wildman–Crippen MR) is 98.3 cm³/mol. The number of pyridine rings is 1. The number of aromatic nitrogens is 1. The number of aliphatic hydroxyl groups is 1. The molecule has 0 bridgehead atoms. The van der Waals surface area contributed by atoms with Gasteiger partial charge in [-0.1, -0.05) is 6.07 Å². The van der Waals surface area contributed by atoms with E-state index in [1.54, 1.807) is 13.0 Å². The predicted octanol–water partition coefficient (Wildman–Crippen LogP) is 2.93. The van der Waals surface area contributed by atoms with Crippen LogP contribution in [0.3, 0.4) is 0 Å². The highest BCUT2D eigenvalue weighted by atomic mass is 19.1. The first-order valence-corrected chi connectivity index (χ1v) is 8.42. The van der Waals surface area contributed by atoms with Gasteiger partial charge in [0.05, 0.1) is 17.7 Å². The number of nitrogens with one attached hydrogen (secondary N) is 2. The van der Waals surface area contributed by atoms with Crippen LogP contribution >= 0.6 is 0 Å². The molecule has 1 amide bonds. The number of fused-ring (bicyclic) bond motifs is 1. The van der Waals surface area contributed by atoms with Gasteiger partial charge in [-0.2, -0.15) is 5.26 Å². The summed E-state index contributed by atoms with van der Waals surface area (Å²) in [5, 5.41) is 21.2. The third-order valence-electron chi connectivity index (χ3n) is 3.88. The maximum atomic E-state index is 14.3. The van der Waals surface area contributed by atoms with Crippen molar-refractivity contribution >= 4 is 28.3 Å². The summed E-state index contributed by atoms with van der Waals surface area (Å²) in [6, 6.07) is 6.54. The van der Waals surface area contributed by atoms with Crippen LogP contribution < -0.4 is 10.8 Å². The van der Waals surface area contributed by atoms with Gasteiger partial charge in [0.2, 0.25) is 5.76 Å². The molecule has 0 fully saturated rings. The van der Waals surface area contributed by atoms with Gasteiger partial charge in [-0.3, -0.25) is 14.6 Å². The van der Waals surface area contributed by atoms with Crippen molar-refractivity contribution in [1.82, 2.24) is 10.5 Å². The monoisotopic (exact) mass is 384 g/mol. The van der Waals surface area contributed by atoms with E-state index in [-0.39, 0.29) is 41.5 Å². The van der Waals surface area contributed by atoms with Gasteiger partial charge in [-0.15, -0.1) is 0 Å². The standard InChI is InChI=1S/C19H17FN4O4/c1-11-3-4-15(14(20)7-11)23-16-13-10-22-9-12(8-21)17(13)28-18(16)19(26)24-27-6-2-5-25/h3-4,7,9-10,23,25H,2,5-6H2,1H3,(H,24,26). The van der Waals surface area contributed by atoms with Crippen molar-refractivity contribution in [3.8, 4) is 6.07 Å². The molecule has 0 saturated carbocycles. The molecule has 28 heavy (non-hydrogen) atoms. The number of anilines is 2. The molecule has 144 valence electrons. The fraction of sp³-hybridized carbons (Fsp3) is 0.211. The van der Waals surface area contributed by atoms with Crippen LogP contribution in [0.4, 0.5) is 15.8 Å². The van der Waals surface area contributed by atoms with Crippen LogP contribution in [0, 0.1) is 24.1 Å². The summed E-state index contributed by atoms with van der Waals surface area (Å²) in [6.45, 7) is 1.77. The molecule has 2 heterocycles. The fourth-order valence-corrected chi connectivity index (χ4v) is 2.53. The molecule has 0 saturated heterocycles. The van der Waals surface area contributed by atoms with E-state index >= 15 is 0 Å². The highest BCUT2D eigenvalue weighted by molar-refractivity contribution is 6.07. The van der Waals surface area contributed by atoms with Crippen molar-refractivity contribution in [2.24, 2.45) is 0 Å². The van der Waals surface area contributed by atoms with Crippen molar-refractivity contribution in [1.29, 1.82) is 5.26 Å². The second kappa shape index (κ2) is 8.47. The molecule has 8 nitrogen and oxygen atoms in total. The van der Waals surface area contributed by atoms with Gasteiger partial charge in [0.25, 0.3) is 0 Å². The Kier molecular flexibility index (Phi) is 5.84. The van der Waals surface area contributed by atoms with Crippen molar-refractivity contribution in [2.75, 3.05) is 18.5 Å². The number of hydrogen-bond acceptors (Lipinski definition) is 7. The molecule has 3 rings (SSSR count). The largest absolute Gasteiger partial charge is 0.447 e. The van der Waals surface area contributed by atoms with Crippen molar-refractivity contribution in [2.45, 2.75) is 13.3 Å². The summed E-state index contributed by atoms with van der Waals surface area (Å²) in [5.74, 6) is -1.43. The molecule has 0 aliphatic heterocycles. The van der Waals surface area contributed by atoms with E-state index in [1.165, 1.54) is 24.5 Å². The van der Waals surface area contributed by atoms with Gasteiger partial charge in [-0.05, 0) is 31.0 Å². The number of carbonyl (C=O) groups is 1. The Morgan fingerprint density at radius 1 is 1.43 bits per heavy atom. The van der Waals surface area contributed by atoms with Crippen LogP contribution in [0.5, 0.6) is 0 Å². The number of nitrogens with zero attached hydrogens (tertiary/aromatic N) is 2. The number of amides is 1. The zero-order valence-electron chi connectivity index (χ0n) is 15.0. The molecule has 0 aliphatic rings. The molecule has 3 aromatic rings. The third-order valence-corrected chi connectivity index (χ3v) is 3.88. The average Bonchev–Trinajstić information content (AvgIpc) is 3.06. The van der Waals surface area contributed by atoms with Crippen LogP contribution in [-0.2, 0) is 4.84 Å². The highest BCUT2D eigenvalue weighted by Gasteiger charge is 2.24. The Labute approximate surface area is 159 Å². The number of nitriles is 1. The summed E-state index contributed by atoms with van der Waals surface area (Å²) < 4.78 is 19.9. The van der Waals surface area contributed by atoms with Crippen LogP contribution in [0.15, 0.2) is 35.0 Å². The minimum atomic E-state index is -0.729. The molecule has 0 spiro atoms. The zero-order valence-corrected chi connectivity index (χ0v) is 15.0. The minimum Gasteiger partial charge on any atom is -0.447 e. The quantitative estimate of drug-likeness (QED) is 0.423. The second-order valence-electron chi connectivity index (χ2n) is 5.95. The Hall–Kier alpha value is -3.48. The average molecular weight is 384 g/mol. The Morgan fingerprint density at radius 3 is 2.96 bits per heavy atom. The molecule has 3 N–H and O–H groups in total. The van der Waals surface area contributed by atoms with E-state index < -0.39 is 11.7 Å². The first kappa shape index (κ1) is 19.3.